The summed E-state index contributed by atoms with van der Waals surface area (Å²) in [6, 6.07) is 1.46. The highest BCUT2D eigenvalue weighted by Crippen LogP contribution is 2.26. The van der Waals surface area contributed by atoms with Gasteiger partial charge in [0.15, 0.2) is 0 Å². The summed E-state index contributed by atoms with van der Waals surface area (Å²) in [5.74, 6) is -0.367. The van der Waals surface area contributed by atoms with E-state index in [1.54, 1.807) is 0 Å². The minimum atomic E-state index is -3.92. The van der Waals surface area contributed by atoms with Gasteiger partial charge in [-0.3, -0.25) is 9.52 Å². The highest BCUT2D eigenvalue weighted by Gasteiger charge is 2.21. The van der Waals surface area contributed by atoms with Crippen LogP contribution in [0.25, 0.3) is 0 Å². The van der Waals surface area contributed by atoms with Gasteiger partial charge in [-0.15, -0.1) is 10.2 Å². The van der Waals surface area contributed by atoms with Crippen molar-refractivity contribution in [2.75, 3.05) is 10.0 Å². The maximum Gasteiger partial charge on any atom is 0.291 e. The molecule has 0 aliphatic rings. The summed E-state index contributed by atoms with van der Waals surface area (Å²) < 4.78 is 26.7. The maximum absolute atomic E-state index is 12.1. The molecule has 0 aromatic carbocycles. The molecule has 0 spiro atoms. The number of sulfonamides is 1. The molecule has 2 rings (SSSR count). The molecule has 0 aliphatic heterocycles. The van der Waals surface area contributed by atoms with Gasteiger partial charge >= 0.3 is 0 Å². The molecule has 0 bridgehead atoms. The number of nitrogens with zero attached hydrogens (tertiary/aromatic N) is 3. The van der Waals surface area contributed by atoms with E-state index in [9.17, 15) is 13.2 Å². The number of amides is 1. The van der Waals surface area contributed by atoms with E-state index in [0.717, 1.165) is 11.3 Å². The van der Waals surface area contributed by atoms with E-state index in [2.05, 4.69) is 41.2 Å². The van der Waals surface area contributed by atoms with E-state index in [-0.39, 0.29) is 26.2 Å². The smallest absolute Gasteiger partial charge is 0.291 e. The van der Waals surface area contributed by atoms with Crippen molar-refractivity contribution in [1.29, 1.82) is 0 Å². The van der Waals surface area contributed by atoms with Crippen LogP contribution in [0.1, 0.15) is 6.92 Å². The molecule has 0 radical (unpaired) electrons. The van der Waals surface area contributed by atoms with Gasteiger partial charge in [-0.2, -0.15) is 8.42 Å². The number of aromatic nitrogens is 3. The lowest BCUT2D eigenvalue weighted by Crippen LogP contribution is -2.13. The minimum Gasteiger partial charge on any atom is -0.301 e. The van der Waals surface area contributed by atoms with Gasteiger partial charge in [0.1, 0.15) is 5.15 Å². The van der Waals surface area contributed by atoms with Crippen LogP contribution in [0.15, 0.2) is 21.1 Å². The van der Waals surface area contributed by atoms with E-state index < -0.39 is 10.0 Å². The molecule has 0 saturated carbocycles. The Hall–Kier alpha value is -1.30. The highest BCUT2D eigenvalue weighted by molar-refractivity contribution is 9.10. The van der Waals surface area contributed by atoms with Crippen molar-refractivity contribution in [3.8, 4) is 0 Å². The number of hydrogen-bond donors (Lipinski definition) is 2. The molecular weight excluding hydrogens is 406 g/mol. The number of carbonyl (C=O) groups is 1. The van der Waals surface area contributed by atoms with Crippen LogP contribution in [0.4, 0.5) is 10.8 Å². The van der Waals surface area contributed by atoms with Crippen LogP contribution in [0.3, 0.4) is 0 Å². The molecule has 8 nitrogen and oxygen atoms in total. The van der Waals surface area contributed by atoms with Gasteiger partial charge in [-0.25, -0.2) is 4.98 Å². The first-order valence-electron chi connectivity index (χ1n) is 5.23. The number of rotatable bonds is 4. The number of halogens is 2. The number of anilines is 2. The fourth-order valence-electron chi connectivity index (χ4n) is 1.20. The van der Waals surface area contributed by atoms with Gasteiger partial charge < -0.3 is 5.32 Å². The van der Waals surface area contributed by atoms with Crippen molar-refractivity contribution in [2.45, 2.75) is 11.3 Å². The van der Waals surface area contributed by atoms with Crippen LogP contribution in [0.5, 0.6) is 0 Å². The van der Waals surface area contributed by atoms with Crippen LogP contribution in [0, 0.1) is 0 Å². The molecule has 0 atom stereocenters. The molecule has 0 aliphatic carbocycles. The lowest BCUT2D eigenvalue weighted by atomic mass is 10.4. The van der Waals surface area contributed by atoms with Crippen molar-refractivity contribution >= 4 is 65.6 Å². The van der Waals surface area contributed by atoms with Crippen LogP contribution in [-0.4, -0.2) is 29.5 Å². The Bertz CT molecular complexity index is 794. The Morgan fingerprint density at radius 2 is 2.14 bits per heavy atom. The van der Waals surface area contributed by atoms with Gasteiger partial charge in [-0.1, -0.05) is 22.9 Å². The molecule has 21 heavy (non-hydrogen) atoms. The summed E-state index contributed by atoms with van der Waals surface area (Å²) in [5, 5.41) is 9.75. The predicted molar refractivity (Wildman–Crippen MR) is 82.0 cm³/mol. The van der Waals surface area contributed by atoms with E-state index in [1.165, 1.54) is 19.2 Å². The van der Waals surface area contributed by atoms with Gasteiger partial charge in [0.05, 0.1) is 16.4 Å². The topological polar surface area (TPSA) is 114 Å². The Kier molecular flexibility index (Phi) is 4.76. The Balaban J connectivity index is 2.23. The summed E-state index contributed by atoms with van der Waals surface area (Å²) in [4.78, 5) is 14.7. The first-order chi connectivity index (χ1) is 9.78. The molecule has 0 saturated heterocycles. The maximum atomic E-state index is 12.1. The van der Waals surface area contributed by atoms with E-state index >= 15 is 0 Å². The predicted octanol–water partition coefficient (Wildman–Crippen LogP) is 2.11. The van der Waals surface area contributed by atoms with Gasteiger partial charge in [0.25, 0.3) is 14.4 Å². The largest absolute Gasteiger partial charge is 0.301 e. The third-order valence-corrected chi connectivity index (χ3v) is 5.69. The van der Waals surface area contributed by atoms with E-state index in [1.807, 2.05) is 0 Å². The number of pyridine rings is 1. The first-order valence-corrected chi connectivity index (χ1v) is 8.70. The summed E-state index contributed by atoms with van der Waals surface area (Å²) in [6.07, 6.45) is 1.26. The van der Waals surface area contributed by atoms with Crippen LogP contribution < -0.4 is 10.0 Å². The molecule has 12 heteroatoms. The Morgan fingerprint density at radius 3 is 2.76 bits per heavy atom. The van der Waals surface area contributed by atoms with Crippen LogP contribution in [-0.2, 0) is 14.8 Å². The molecule has 0 unspecified atom stereocenters. The van der Waals surface area contributed by atoms with Crippen molar-refractivity contribution in [3.63, 3.8) is 0 Å². The minimum absolute atomic E-state index is 0.0956. The second kappa shape index (κ2) is 6.22. The zero-order chi connectivity index (χ0) is 15.6. The molecule has 2 aromatic heterocycles. The van der Waals surface area contributed by atoms with Crippen molar-refractivity contribution < 1.29 is 13.2 Å². The van der Waals surface area contributed by atoms with Crippen molar-refractivity contribution in [1.82, 2.24) is 15.2 Å². The average Bonchev–Trinajstić information content (AvgIpc) is 2.82. The van der Waals surface area contributed by atoms with Gasteiger partial charge in [0, 0.05) is 6.92 Å². The van der Waals surface area contributed by atoms with Crippen LogP contribution in [0.2, 0.25) is 5.15 Å². The summed E-state index contributed by atoms with van der Waals surface area (Å²) in [7, 11) is -3.92. The van der Waals surface area contributed by atoms with Crippen molar-refractivity contribution in [3.05, 3.63) is 21.9 Å². The van der Waals surface area contributed by atoms with Crippen molar-refractivity contribution in [2.24, 2.45) is 0 Å². The first kappa shape index (κ1) is 16.1. The SMILES string of the molecule is CC(=O)Nc1nnc(S(=O)(=O)Nc2cnc(Cl)c(Br)c2)s1. The summed E-state index contributed by atoms with van der Waals surface area (Å²) in [6.45, 7) is 1.28. The molecule has 2 heterocycles. The Labute approximate surface area is 137 Å². The van der Waals surface area contributed by atoms with Crippen LogP contribution >= 0.6 is 38.9 Å². The van der Waals surface area contributed by atoms with E-state index in [0.29, 0.717) is 4.47 Å². The fraction of sp³-hybridized carbons (Fsp3) is 0.111. The lowest BCUT2D eigenvalue weighted by Gasteiger charge is -2.05. The highest BCUT2D eigenvalue weighted by atomic mass is 79.9. The zero-order valence-electron chi connectivity index (χ0n) is 10.3. The quantitative estimate of drug-likeness (QED) is 0.587. The van der Waals surface area contributed by atoms with Gasteiger partial charge in [0.2, 0.25) is 11.0 Å². The number of carbonyl (C=O) groups excluding carboxylic acids is 1. The monoisotopic (exact) mass is 411 g/mol. The Morgan fingerprint density at radius 1 is 1.43 bits per heavy atom. The summed E-state index contributed by atoms with van der Waals surface area (Å²) >= 11 is 9.60. The second-order valence-electron chi connectivity index (χ2n) is 3.66. The molecule has 1 amide bonds. The molecule has 112 valence electrons. The molecule has 2 N–H and O–H groups in total. The summed E-state index contributed by atoms with van der Waals surface area (Å²) in [5.41, 5.74) is 0.211. The third-order valence-electron chi connectivity index (χ3n) is 1.97. The fourth-order valence-corrected chi connectivity index (χ4v) is 3.63. The van der Waals surface area contributed by atoms with E-state index in [4.69, 9.17) is 11.6 Å². The standard InChI is InChI=1S/C9H7BrClN5O3S2/c1-4(17)13-8-14-15-9(20-8)21(18,19)16-5-2-6(10)7(11)12-3-5/h2-3,16H,1H3,(H,13,14,17). The molecule has 2 aromatic rings. The van der Waals surface area contributed by atoms with Gasteiger partial charge in [-0.05, 0) is 22.0 Å². The normalized spacial score (nSPS) is 11.2. The molecular formula is C9H7BrClN5O3S2. The number of nitrogens with one attached hydrogen (secondary N) is 2. The average molecular weight is 413 g/mol. The number of hydrogen-bond acceptors (Lipinski definition) is 7. The second-order valence-corrected chi connectivity index (χ2v) is 7.70. The molecule has 0 fully saturated rings. The lowest BCUT2D eigenvalue weighted by molar-refractivity contribution is -0.114. The zero-order valence-corrected chi connectivity index (χ0v) is 14.3. The third kappa shape index (κ3) is 4.09.